The summed E-state index contributed by atoms with van der Waals surface area (Å²) in [6, 6.07) is 19.2. The van der Waals surface area contributed by atoms with Crippen LogP contribution in [0.1, 0.15) is 27.8 Å². The standard InChI is InChI=1S/C23H20N4O2S2/c1-13-10-16(22(30)28-18-6-2-14(3-7-18)20(24)25)12-17(11-13)23(31)29-19-8-4-15(5-9-19)21(26)27/h2-12H,1H3,(H3,24,25)(H3,26,27). The predicted molar refractivity (Wildman–Crippen MR) is 131 cm³/mol. The van der Waals surface area contributed by atoms with Crippen LogP contribution in [-0.4, -0.2) is 21.8 Å². The Morgan fingerprint density at radius 1 is 0.645 bits per heavy atom. The number of ether oxygens (including phenoxy) is 2. The molecule has 0 fully saturated rings. The third kappa shape index (κ3) is 5.71. The number of thiocarbonyl (C=S) groups is 2. The second-order valence-electron chi connectivity index (χ2n) is 6.74. The molecule has 0 aliphatic heterocycles. The highest BCUT2D eigenvalue weighted by Gasteiger charge is 2.12. The summed E-state index contributed by atoms with van der Waals surface area (Å²) in [5, 5.41) is 15.5. The summed E-state index contributed by atoms with van der Waals surface area (Å²) in [6.45, 7) is 1.93. The molecule has 6 nitrogen and oxygen atoms in total. The minimum Gasteiger partial charge on any atom is -0.445 e. The molecule has 0 atom stereocenters. The summed E-state index contributed by atoms with van der Waals surface area (Å²) >= 11 is 10.9. The monoisotopic (exact) mass is 448 g/mol. The van der Waals surface area contributed by atoms with Crippen LogP contribution in [0.5, 0.6) is 11.5 Å². The second kappa shape index (κ2) is 9.46. The zero-order valence-electron chi connectivity index (χ0n) is 16.6. The van der Waals surface area contributed by atoms with Crippen LogP contribution in [0, 0.1) is 17.7 Å². The Morgan fingerprint density at radius 2 is 1.00 bits per heavy atom. The van der Waals surface area contributed by atoms with Gasteiger partial charge >= 0.3 is 0 Å². The van der Waals surface area contributed by atoms with Crippen molar-refractivity contribution >= 4 is 46.2 Å². The number of nitrogens with one attached hydrogen (secondary N) is 2. The fourth-order valence-electron chi connectivity index (χ4n) is 2.76. The van der Waals surface area contributed by atoms with E-state index in [4.69, 9.17) is 56.2 Å². The Labute approximate surface area is 190 Å². The summed E-state index contributed by atoms with van der Waals surface area (Å²) in [4.78, 5) is 0. The Bertz CT molecular complexity index is 1080. The van der Waals surface area contributed by atoms with E-state index in [2.05, 4.69) is 0 Å². The molecule has 0 radical (unpaired) electrons. The summed E-state index contributed by atoms with van der Waals surface area (Å²) < 4.78 is 11.6. The van der Waals surface area contributed by atoms with Gasteiger partial charge in [0, 0.05) is 22.3 Å². The molecule has 6 N–H and O–H groups in total. The fourth-order valence-corrected chi connectivity index (χ4v) is 3.18. The number of benzene rings is 3. The van der Waals surface area contributed by atoms with Crippen molar-refractivity contribution in [3.8, 4) is 11.5 Å². The molecule has 3 rings (SSSR count). The van der Waals surface area contributed by atoms with Gasteiger partial charge in [0.05, 0.1) is 0 Å². The molecule has 3 aromatic rings. The van der Waals surface area contributed by atoms with Crippen molar-refractivity contribution in [2.75, 3.05) is 0 Å². The van der Waals surface area contributed by atoms with Crippen LogP contribution in [0.3, 0.4) is 0 Å². The molecular weight excluding hydrogens is 428 g/mol. The zero-order chi connectivity index (χ0) is 22.5. The van der Waals surface area contributed by atoms with Gasteiger partial charge in [0.25, 0.3) is 0 Å². The van der Waals surface area contributed by atoms with Gasteiger partial charge in [0.2, 0.25) is 0 Å². The van der Waals surface area contributed by atoms with Gasteiger partial charge in [-0.1, -0.05) is 0 Å². The van der Waals surface area contributed by atoms with Crippen molar-refractivity contribution in [3.63, 3.8) is 0 Å². The van der Waals surface area contributed by atoms with Gasteiger partial charge in [-0.05, 0) is 104 Å². The number of nitrogens with two attached hydrogens (primary N) is 2. The fraction of sp³-hybridized carbons (Fsp3) is 0.0435. The lowest BCUT2D eigenvalue weighted by molar-refractivity contribution is 0.564. The van der Waals surface area contributed by atoms with Crippen LogP contribution in [0.25, 0.3) is 0 Å². The van der Waals surface area contributed by atoms with Crippen LogP contribution in [0.2, 0.25) is 0 Å². The quantitative estimate of drug-likeness (QED) is 0.256. The van der Waals surface area contributed by atoms with Gasteiger partial charge in [-0.15, -0.1) is 0 Å². The molecule has 0 heterocycles. The van der Waals surface area contributed by atoms with E-state index in [0.29, 0.717) is 33.8 Å². The smallest absolute Gasteiger partial charge is 0.198 e. The van der Waals surface area contributed by atoms with Crippen LogP contribution in [0.15, 0.2) is 66.7 Å². The highest BCUT2D eigenvalue weighted by molar-refractivity contribution is 7.80. The van der Waals surface area contributed by atoms with E-state index in [1.807, 2.05) is 25.1 Å². The lowest BCUT2D eigenvalue weighted by Crippen LogP contribution is -2.13. The molecule has 31 heavy (non-hydrogen) atoms. The van der Waals surface area contributed by atoms with Gasteiger partial charge in [-0.3, -0.25) is 10.8 Å². The van der Waals surface area contributed by atoms with E-state index >= 15 is 0 Å². The highest BCUT2D eigenvalue weighted by atomic mass is 32.1. The zero-order valence-corrected chi connectivity index (χ0v) is 18.3. The second-order valence-corrected chi connectivity index (χ2v) is 7.48. The first-order valence-electron chi connectivity index (χ1n) is 9.18. The van der Waals surface area contributed by atoms with E-state index in [-0.39, 0.29) is 21.8 Å². The van der Waals surface area contributed by atoms with Crippen molar-refractivity contribution in [2.24, 2.45) is 11.5 Å². The van der Waals surface area contributed by atoms with Crippen molar-refractivity contribution in [1.82, 2.24) is 0 Å². The Balaban J connectivity index is 1.75. The third-order valence-corrected chi connectivity index (χ3v) is 4.94. The molecule has 0 bridgehead atoms. The van der Waals surface area contributed by atoms with Crippen LogP contribution < -0.4 is 20.9 Å². The molecule has 8 heteroatoms. The van der Waals surface area contributed by atoms with Gasteiger partial charge in [-0.2, -0.15) is 0 Å². The van der Waals surface area contributed by atoms with Crippen LogP contribution in [-0.2, 0) is 0 Å². The number of nitrogen functional groups attached to an aromatic ring is 2. The number of hydrogen-bond donors (Lipinski definition) is 4. The van der Waals surface area contributed by atoms with Crippen molar-refractivity contribution in [3.05, 3.63) is 94.5 Å². The van der Waals surface area contributed by atoms with Gasteiger partial charge in [0.15, 0.2) is 10.1 Å². The lowest BCUT2D eigenvalue weighted by Gasteiger charge is -2.12. The summed E-state index contributed by atoms with van der Waals surface area (Å²) in [5.74, 6) is 1.06. The van der Waals surface area contributed by atoms with Gasteiger partial charge in [-0.25, -0.2) is 0 Å². The molecule has 3 aromatic carbocycles. The van der Waals surface area contributed by atoms with Crippen LogP contribution in [0.4, 0.5) is 0 Å². The maximum atomic E-state index is 7.45. The molecule has 0 aliphatic carbocycles. The molecule has 156 valence electrons. The van der Waals surface area contributed by atoms with Crippen molar-refractivity contribution in [2.45, 2.75) is 6.92 Å². The third-order valence-electron chi connectivity index (χ3n) is 4.30. The number of amidine groups is 2. The molecular formula is C23H20N4O2S2. The van der Waals surface area contributed by atoms with E-state index in [0.717, 1.165) is 5.56 Å². The Kier molecular flexibility index (Phi) is 6.74. The van der Waals surface area contributed by atoms with E-state index < -0.39 is 0 Å². The minimum absolute atomic E-state index is 0.0121. The topological polar surface area (TPSA) is 118 Å². The SMILES string of the molecule is Cc1cc(C(=S)Oc2ccc(C(=N)N)cc2)cc(C(=S)Oc2ccc(C(=N)N)cc2)c1. The van der Waals surface area contributed by atoms with E-state index in [9.17, 15) is 0 Å². The van der Waals surface area contributed by atoms with Crippen molar-refractivity contribution in [1.29, 1.82) is 10.8 Å². The van der Waals surface area contributed by atoms with Crippen LogP contribution >= 0.6 is 24.4 Å². The molecule has 0 aromatic heterocycles. The maximum absolute atomic E-state index is 7.45. The van der Waals surface area contributed by atoms with Gasteiger partial charge in [0.1, 0.15) is 23.2 Å². The maximum Gasteiger partial charge on any atom is 0.198 e. The summed E-state index contributed by atoms with van der Waals surface area (Å²) in [6.07, 6.45) is 0. The molecule has 0 saturated carbocycles. The summed E-state index contributed by atoms with van der Waals surface area (Å²) in [5.41, 5.74) is 14.5. The lowest BCUT2D eigenvalue weighted by atomic mass is 10.1. The number of aryl methyl sites for hydroxylation is 1. The largest absolute Gasteiger partial charge is 0.445 e. The Hall–Kier alpha value is -3.62. The van der Waals surface area contributed by atoms with E-state index in [1.54, 1.807) is 48.5 Å². The molecule has 0 unspecified atom stereocenters. The molecule has 0 aliphatic rings. The number of rotatable bonds is 6. The Morgan fingerprint density at radius 3 is 1.32 bits per heavy atom. The van der Waals surface area contributed by atoms with E-state index in [1.165, 1.54) is 0 Å². The first-order valence-corrected chi connectivity index (χ1v) is 9.99. The molecule has 0 amide bonds. The summed E-state index contributed by atoms with van der Waals surface area (Å²) in [7, 11) is 0. The average Bonchev–Trinajstić information content (AvgIpc) is 2.74. The average molecular weight is 449 g/mol. The molecule has 0 spiro atoms. The number of hydrogen-bond acceptors (Lipinski definition) is 6. The first-order chi connectivity index (χ1) is 14.7. The molecule has 0 saturated heterocycles. The highest BCUT2D eigenvalue weighted by Crippen LogP contribution is 2.19. The predicted octanol–water partition coefficient (Wildman–Crippen LogP) is 4.07. The van der Waals surface area contributed by atoms with Gasteiger partial charge < -0.3 is 20.9 Å². The normalized spacial score (nSPS) is 10.2. The first kappa shape index (κ1) is 22.1. The minimum atomic E-state index is -0.0121. The van der Waals surface area contributed by atoms with Crippen molar-refractivity contribution < 1.29 is 9.47 Å².